The summed E-state index contributed by atoms with van der Waals surface area (Å²) in [6.45, 7) is 0. The van der Waals surface area contributed by atoms with Crippen LogP contribution < -0.4 is 4.74 Å². The van der Waals surface area contributed by atoms with Crippen LogP contribution in [0.15, 0.2) is 66.7 Å². The van der Waals surface area contributed by atoms with Crippen molar-refractivity contribution in [1.29, 1.82) is 0 Å². The van der Waals surface area contributed by atoms with E-state index in [0.29, 0.717) is 5.75 Å². The zero-order valence-corrected chi connectivity index (χ0v) is 15.0. The van der Waals surface area contributed by atoms with Crippen LogP contribution in [-0.2, 0) is 4.79 Å². The first-order valence-electron chi connectivity index (χ1n) is 8.23. The summed E-state index contributed by atoms with van der Waals surface area (Å²) in [5, 5.41) is 9.05. The highest BCUT2D eigenvalue weighted by Crippen LogP contribution is 2.42. The molecule has 5 aromatic rings. The van der Waals surface area contributed by atoms with E-state index in [1.54, 1.807) is 0 Å². The van der Waals surface area contributed by atoms with Crippen LogP contribution in [0.3, 0.4) is 0 Å². The van der Waals surface area contributed by atoms with E-state index in [2.05, 4.69) is 42.5 Å². The molecule has 0 saturated heterocycles. The predicted octanol–water partition coefficient (Wildman–Crippen LogP) is 6.45. The van der Waals surface area contributed by atoms with Gasteiger partial charge in [0.1, 0.15) is 5.75 Å². The number of hydrogen-bond donors (Lipinski definition) is 0. The van der Waals surface area contributed by atoms with E-state index < -0.39 is 10.8 Å². The normalized spacial score (nSPS) is 12.0. The zero-order chi connectivity index (χ0) is 17.8. The second kappa shape index (κ2) is 5.73. The SMILES string of the molecule is O=C(Oc1ccc2c3cccc4cccc(c5cccc1c52)c43)C(Cl)Cl. The topological polar surface area (TPSA) is 26.3 Å². The number of alkyl halides is 2. The lowest BCUT2D eigenvalue weighted by molar-refractivity contribution is -0.132. The molecule has 0 atom stereocenters. The van der Waals surface area contributed by atoms with Gasteiger partial charge in [-0.25, -0.2) is 4.79 Å². The summed E-state index contributed by atoms with van der Waals surface area (Å²) in [7, 11) is 0. The molecule has 0 fully saturated rings. The number of halogens is 2. The van der Waals surface area contributed by atoms with Crippen LogP contribution in [0.1, 0.15) is 0 Å². The fourth-order valence-corrected chi connectivity index (χ4v) is 3.95. The second-order valence-corrected chi connectivity index (χ2v) is 7.37. The number of ether oxygens (including phenoxy) is 1. The molecule has 5 aromatic carbocycles. The van der Waals surface area contributed by atoms with E-state index in [1.165, 1.54) is 21.5 Å². The Kier molecular flexibility index (Phi) is 3.46. The molecule has 2 nitrogen and oxygen atoms in total. The fraction of sp³-hybridized carbons (Fsp3) is 0.0455. The highest BCUT2D eigenvalue weighted by Gasteiger charge is 2.18. The maximum absolute atomic E-state index is 11.9. The number of carbonyl (C=O) groups is 1. The van der Waals surface area contributed by atoms with Gasteiger partial charge in [0.15, 0.2) is 0 Å². The molecule has 0 saturated carbocycles. The van der Waals surface area contributed by atoms with Gasteiger partial charge in [0, 0.05) is 10.8 Å². The van der Waals surface area contributed by atoms with Gasteiger partial charge < -0.3 is 4.74 Å². The second-order valence-electron chi connectivity index (χ2n) is 6.27. The van der Waals surface area contributed by atoms with E-state index in [9.17, 15) is 4.79 Å². The summed E-state index contributed by atoms with van der Waals surface area (Å²) in [5.74, 6) is -0.208. The van der Waals surface area contributed by atoms with Gasteiger partial charge in [-0.2, -0.15) is 0 Å². The number of hydrogen-bond acceptors (Lipinski definition) is 2. The summed E-state index contributed by atoms with van der Waals surface area (Å²) in [4.78, 5) is 10.7. The van der Waals surface area contributed by atoms with Gasteiger partial charge in [-0.3, -0.25) is 0 Å². The van der Waals surface area contributed by atoms with Crippen molar-refractivity contribution in [2.45, 2.75) is 4.84 Å². The Morgan fingerprint density at radius 3 is 1.88 bits per heavy atom. The third-order valence-corrected chi connectivity index (χ3v) is 5.23. The van der Waals surface area contributed by atoms with E-state index in [0.717, 1.165) is 21.5 Å². The average Bonchev–Trinajstić information content (AvgIpc) is 2.66. The smallest absolute Gasteiger partial charge is 0.344 e. The first-order chi connectivity index (χ1) is 12.6. The standard InChI is InChI=1S/C22H12Cl2O2/c23-21(24)22(25)26-18-11-10-16-14-7-2-5-12-4-1-6-13(19(12)14)15-8-3-9-17(18)20(15)16/h1-11,21H. The maximum Gasteiger partial charge on any atom is 0.344 e. The van der Waals surface area contributed by atoms with Crippen LogP contribution in [0.4, 0.5) is 0 Å². The van der Waals surface area contributed by atoms with E-state index in [1.807, 2.05) is 24.3 Å². The largest absolute Gasteiger partial charge is 0.424 e. The van der Waals surface area contributed by atoms with Crippen molar-refractivity contribution >= 4 is 72.3 Å². The minimum atomic E-state index is -1.21. The zero-order valence-electron chi connectivity index (χ0n) is 13.5. The molecular formula is C22H12Cl2O2. The van der Waals surface area contributed by atoms with Crippen LogP contribution in [0, 0.1) is 0 Å². The molecule has 0 heterocycles. The Bertz CT molecular complexity index is 1260. The summed E-state index contributed by atoms with van der Waals surface area (Å²) in [5.41, 5.74) is 0. The molecule has 0 aromatic heterocycles. The molecular weight excluding hydrogens is 367 g/mol. The summed E-state index contributed by atoms with van der Waals surface area (Å²) >= 11 is 11.3. The molecule has 0 amide bonds. The molecule has 0 aliphatic carbocycles. The van der Waals surface area contributed by atoms with Gasteiger partial charge >= 0.3 is 5.97 Å². The lowest BCUT2D eigenvalue weighted by Gasteiger charge is -2.16. The summed E-state index contributed by atoms with van der Waals surface area (Å²) in [6, 6.07) is 22.5. The Hall–Kier alpha value is -2.55. The molecule has 0 bridgehead atoms. The van der Waals surface area contributed by atoms with Crippen LogP contribution >= 0.6 is 23.2 Å². The number of benzene rings is 5. The van der Waals surface area contributed by atoms with Crippen molar-refractivity contribution in [2.24, 2.45) is 0 Å². The monoisotopic (exact) mass is 378 g/mol. The number of esters is 1. The van der Waals surface area contributed by atoms with Crippen LogP contribution in [-0.4, -0.2) is 10.8 Å². The highest BCUT2D eigenvalue weighted by atomic mass is 35.5. The molecule has 5 rings (SSSR count). The van der Waals surface area contributed by atoms with Crippen molar-refractivity contribution in [3.05, 3.63) is 66.7 Å². The molecule has 0 N–H and O–H groups in total. The number of fused-ring (bicyclic) bond motifs is 2. The minimum absolute atomic E-state index is 0.466. The van der Waals surface area contributed by atoms with Gasteiger partial charge in [0.25, 0.3) is 0 Å². The first-order valence-corrected chi connectivity index (χ1v) is 9.10. The molecule has 0 unspecified atom stereocenters. The minimum Gasteiger partial charge on any atom is -0.424 e. The lowest BCUT2D eigenvalue weighted by atomic mass is 9.90. The van der Waals surface area contributed by atoms with Crippen molar-refractivity contribution in [1.82, 2.24) is 0 Å². The third-order valence-electron chi connectivity index (χ3n) is 4.87. The quantitative estimate of drug-likeness (QED) is 0.116. The summed E-state index contributed by atoms with van der Waals surface area (Å²) < 4.78 is 5.43. The van der Waals surface area contributed by atoms with Gasteiger partial charge in [0.2, 0.25) is 4.84 Å². The van der Waals surface area contributed by atoms with Crippen molar-refractivity contribution in [3.8, 4) is 5.75 Å². The van der Waals surface area contributed by atoms with Gasteiger partial charge in [-0.05, 0) is 44.5 Å². The van der Waals surface area contributed by atoms with Crippen LogP contribution in [0.25, 0.3) is 43.1 Å². The molecule has 0 aliphatic rings. The fourth-order valence-electron chi connectivity index (χ4n) is 3.86. The van der Waals surface area contributed by atoms with Gasteiger partial charge in [0.05, 0.1) is 0 Å². The highest BCUT2D eigenvalue weighted by molar-refractivity contribution is 6.53. The molecule has 0 aliphatic heterocycles. The lowest BCUT2D eigenvalue weighted by Crippen LogP contribution is -2.15. The molecule has 0 spiro atoms. The first kappa shape index (κ1) is 15.7. The van der Waals surface area contributed by atoms with E-state index in [4.69, 9.17) is 27.9 Å². The van der Waals surface area contributed by atoms with Crippen molar-refractivity contribution in [2.75, 3.05) is 0 Å². The molecule has 0 radical (unpaired) electrons. The Morgan fingerprint density at radius 1 is 0.692 bits per heavy atom. The van der Waals surface area contributed by atoms with Gasteiger partial charge in [-0.1, -0.05) is 77.8 Å². The maximum atomic E-state index is 11.9. The summed E-state index contributed by atoms with van der Waals surface area (Å²) in [6.07, 6.45) is 0. The molecule has 126 valence electrons. The van der Waals surface area contributed by atoms with E-state index in [-0.39, 0.29) is 0 Å². The predicted molar refractivity (Wildman–Crippen MR) is 109 cm³/mol. The van der Waals surface area contributed by atoms with Crippen molar-refractivity contribution < 1.29 is 9.53 Å². The van der Waals surface area contributed by atoms with E-state index >= 15 is 0 Å². The molecule has 4 heteroatoms. The average molecular weight is 379 g/mol. The Morgan fingerprint density at radius 2 is 1.23 bits per heavy atom. The molecule has 26 heavy (non-hydrogen) atoms. The number of carbonyl (C=O) groups excluding carboxylic acids is 1. The van der Waals surface area contributed by atoms with Crippen LogP contribution in [0.2, 0.25) is 0 Å². The Labute approximate surface area is 159 Å². The van der Waals surface area contributed by atoms with Crippen molar-refractivity contribution in [3.63, 3.8) is 0 Å². The van der Waals surface area contributed by atoms with Crippen LogP contribution in [0.5, 0.6) is 5.75 Å². The third kappa shape index (κ3) is 2.16. The number of rotatable bonds is 2. The Balaban J connectivity index is 1.95. The van der Waals surface area contributed by atoms with Gasteiger partial charge in [-0.15, -0.1) is 0 Å².